The van der Waals surface area contributed by atoms with E-state index >= 15 is 0 Å². The van der Waals surface area contributed by atoms with Crippen LogP contribution in [0.2, 0.25) is 0 Å². The quantitative estimate of drug-likeness (QED) is 0.666. The molecule has 0 fully saturated rings. The minimum Gasteiger partial charge on any atom is -0.374 e. The average Bonchev–Trinajstić information content (AvgIpc) is 2.17. The molecule has 2 rings (SSSR count). The Kier molecular flexibility index (Phi) is 2.04. The first-order valence-corrected chi connectivity index (χ1v) is 4.82. The molecule has 0 saturated carbocycles. The van der Waals surface area contributed by atoms with Crippen molar-refractivity contribution in [2.45, 2.75) is 10.9 Å². The Balaban J connectivity index is 2.28. The maximum Gasteiger partial charge on any atom is 0.143 e. The molecule has 1 aliphatic rings. The van der Waals surface area contributed by atoms with E-state index in [1.165, 1.54) is 4.90 Å². The van der Waals surface area contributed by atoms with Gasteiger partial charge in [0.2, 0.25) is 0 Å². The van der Waals surface area contributed by atoms with Crippen LogP contribution in [0.4, 0.5) is 5.69 Å². The highest BCUT2D eigenvalue weighted by Gasteiger charge is 2.15. The van der Waals surface area contributed by atoms with Crippen LogP contribution in [0.25, 0.3) is 0 Å². The standard InChI is InChI=1S/C9H9NOS/c11-5-7-6-12-9-4-2-1-3-8(9)10-7/h1-5,7,10H,6H2. The molecular weight excluding hydrogens is 170 g/mol. The molecule has 1 N–H and O–H groups in total. The normalized spacial score (nSPS) is 20.8. The van der Waals surface area contributed by atoms with Crippen molar-refractivity contribution in [3.05, 3.63) is 24.3 Å². The molecule has 0 spiro atoms. The number of aldehydes is 1. The number of rotatable bonds is 1. The Hall–Kier alpha value is -0.960. The Morgan fingerprint density at radius 2 is 2.33 bits per heavy atom. The molecule has 0 aromatic heterocycles. The molecule has 0 bridgehead atoms. The molecule has 0 amide bonds. The van der Waals surface area contributed by atoms with Crippen molar-refractivity contribution in [2.75, 3.05) is 11.1 Å². The Bertz CT molecular complexity index is 300. The van der Waals surface area contributed by atoms with Crippen LogP contribution in [0.5, 0.6) is 0 Å². The van der Waals surface area contributed by atoms with Crippen molar-refractivity contribution >= 4 is 23.7 Å². The fraction of sp³-hybridized carbons (Fsp3) is 0.222. The minimum atomic E-state index is -0.0232. The summed E-state index contributed by atoms with van der Waals surface area (Å²) in [5, 5.41) is 3.16. The van der Waals surface area contributed by atoms with Crippen LogP contribution < -0.4 is 5.32 Å². The SMILES string of the molecule is O=CC1CSc2ccccc2N1. The first-order chi connectivity index (χ1) is 5.90. The van der Waals surface area contributed by atoms with Crippen LogP contribution in [0.1, 0.15) is 0 Å². The molecule has 12 heavy (non-hydrogen) atoms. The van der Waals surface area contributed by atoms with Gasteiger partial charge >= 0.3 is 0 Å². The average molecular weight is 179 g/mol. The van der Waals surface area contributed by atoms with E-state index in [1.807, 2.05) is 18.2 Å². The number of hydrogen-bond donors (Lipinski definition) is 1. The van der Waals surface area contributed by atoms with Crippen LogP contribution in [0.3, 0.4) is 0 Å². The zero-order valence-corrected chi connectivity index (χ0v) is 7.30. The van der Waals surface area contributed by atoms with Crippen molar-refractivity contribution in [3.8, 4) is 0 Å². The summed E-state index contributed by atoms with van der Waals surface area (Å²) in [7, 11) is 0. The second-order valence-corrected chi connectivity index (χ2v) is 3.76. The van der Waals surface area contributed by atoms with Gasteiger partial charge in [-0.2, -0.15) is 0 Å². The lowest BCUT2D eigenvalue weighted by Crippen LogP contribution is -2.26. The number of benzene rings is 1. The number of fused-ring (bicyclic) bond motifs is 1. The van der Waals surface area contributed by atoms with Gasteiger partial charge in [-0.15, -0.1) is 11.8 Å². The molecule has 1 aromatic carbocycles. The summed E-state index contributed by atoms with van der Waals surface area (Å²) in [6.07, 6.45) is 0.961. The van der Waals surface area contributed by atoms with E-state index in [4.69, 9.17) is 0 Å². The van der Waals surface area contributed by atoms with Gasteiger partial charge in [0.1, 0.15) is 6.29 Å². The molecule has 1 aliphatic heterocycles. The van der Waals surface area contributed by atoms with Crippen LogP contribution >= 0.6 is 11.8 Å². The van der Waals surface area contributed by atoms with Crippen LogP contribution in [0.15, 0.2) is 29.2 Å². The highest BCUT2D eigenvalue weighted by molar-refractivity contribution is 7.99. The first-order valence-electron chi connectivity index (χ1n) is 3.84. The number of anilines is 1. The van der Waals surface area contributed by atoms with E-state index in [-0.39, 0.29) is 6.04 Å². The molecule has 1 heterocycles. The number of nitrogens with one attached hydrogen (secondary N) is 1. The third-order valence-corrected chi connectivity index (χ3v) is 3.00. The zero-order valence-electron chi connectivity index (χ0n) is 6.49. The molecular formula is C9H9NOS. The Morgan fingerprint density at radius 3 is 3.17 bits per heavy atom. The van der Waals surface area contributed by atoms with Crippen LogP contribution in [-0.4, -0.2) is 18.1 Å². The molecule has 1 aromatic rings. The molecule has 62 valence electrons. The summed E-state index contributed by atoms with van der Waals surface area (Å²) in [6, 6.07) is 8.02. The largest absolute Gasteiger partial charge is 0.374 e. The Labute approximate surface area is 75.4 Å². The van der Waals surface area contributed by atoms with E-state index in [0.717, 1.165) is 17.7 Å². The third-order valence-electron chi connectivity index (χ3n) is 1.81. The van der Waals surface area contributed by atoms with Crippen molar-refractivity contribution in [3.63, 3.8) is 0 Å². The van der Waals surface area contributed by atoms with Gasteiger partial charge in [0.25, 0.3) is 0 Å². The van der Waals surface area contributed by atoms with Crippen molar-refractivity contribution in [1.29, 1.82) is 0 Å². The van der Waals surface area contributed by atoms with Gasteiger partial charge in [0, 0.05) is 16.3 Å². The summed E-state index contributed by atoms with van der Waals surface area (Å²) in [5.41, 5.74) is 1.07. The minimum absolute atomic E-state index is 0.0232. The monoisotopic (exact) mass is 179 g/mol. The van der Waals surface area contributed by atoms with Crippen molar-refractivity contribution < 1.29 is 4.79 Å². The lowest BCUT2D eigenvalue weighted by Gasteiger charge is -2.21. The lowest BCUT2D eigenvalue weighted by atomic mass is 10.2. The van der Waals surface area contributed by atoms with E-state index in [0.29, 0.717) is 0 Å². The van der Waals surface area contributed by atoms with E-state index in [1.54, 1.807) is 11.8 Å². The summed E-state index contributed by atoms with van der Waals surface area (Å²) >= 11 is 1.73. The van der Waals surface area contributed by atoms with Crippen molar-refractivity contribution in [2.24, 2.45) is 0 Å². The fourth-order valence-electron chi connectivity index (χ4n) is 1.21. The number of para-hydroxylation sites is 1. The molecule has 0 radical (unpaired) electrons. The number of hydrogen-bond acceptors (Lipinski definition) is 3. The van der Waals surface area contributed by atoms with Gasteiger partial charge in [-0.3, -0.25) is 0 Å². The topological polar surface area (TPSA) is 29.1 Å². The molecule has 1 unspecified atom stereocenters. The lowest BCUT2D eigenvalue weighted by molar-refractivity contribution is -0.108. The van der Waals surface area contributed by atoms with Crippen LogP contribution in [-0.2, 0) is 4.79 Å². The first kappa shape index (κ1) is 7.68. The number of carbonyl (C=O) groups excluding carboxylic acids is 1. The smallest absolute Gasteiger partial charge is 0.143 e. The highest BCUT2D eigenvalue weighted by atomic mass is 32.2. The molecule has 2 nitrogen and oxygen atoms in total. The highest BCUT2D eigenvalue weighted by Crippen LogP contribution is 2.31. The molecule has 1 atom stereocenters. The summed E-state index contributed by atoms with van der Waals surface area (Å²) in [6.45, 7) is 0. The Morgan fingerprint density at radius 1 is 1.50 bits per heavy atom. The van der Waals surface area contributed by atoms with E-state index in [2.05, 4.69) is 11.4 Å². The third kappa shape index (κ3) is 1.32. The van der Waals surface area contributed by atoms with Gasteiger partial charge in [-0.1, -0.05) is 12.1 Å². The number of carbonyl (C=O) groups is 1. The van der Waals surface area contributed by atoms with Gasteiger partial charge in [0.05, 0.1) is 6.04 Å². The van der Waals surface area contributed by atoms with Gasteiger partial charge in [0.15, 0.2) is 0 Å². The maximum absolute atomic E-state index is 10.5. The number of thioether (sulfide) groups is 1. The molecule has 3 heteroatoms. The zero-order chi connectivity index (χ0) is 8.39. The van der Waals surface area contributed by atoms with Crippen LogP contribution in [0, 0.1) is 0 Å². The van der Waals surface area contributed by atoms with E-state index in [9.17, 15) is 4.79 Å². The molecule has 0 saturated heterocycles. The van der Waals surface area contributed by atoms with Gasteiger partial charge in [-0.05, 0) is 12.1 Å². The summed E-state index contributed by atoms with van der Waals surface area (Å²) < 4.78 is 0. The predicted molar refractivity (Wildman–Crippen MR) is 50.6 cm³/mol. The summed E-state index contributed by atoms with van der Waals surface area (Å²) in [4.78, 5) is 11.7. The summed E-state index contributed by atoms with van der Waals surface area (Å²) in [5.74, 6) is 0.834. The maximum atomic E-state index is 10.5. The van der Waals surface area contributed by atoms with Gasteiger partial charge < -0.3 is 10.1 Å². The van der Waals surface area contributed by atoms with Gasteiger partial charge in [-0.25, -0.2) is 0 Å². The molecule has 0 aliphatic carbocycles. The fourth-order valence-corrected chi connectivity index (χ4v) is 2.18. The second kappa shape index (κ2) is 3.19. The van der Waals surface area contributed by atoms with E-state index < -0.39 is 0 Å². The predicted octanol–water partition coefficient (Wildman–Crippen LogP) is 1.77. The second-order valence-electron chi connectivity index (χ2n) is 2.69. The van der Waals surface area contributed by atoms with Crippen molar-refractivity contribution in [1.82, 2.24) is 0 Å².